The molecule has 22 heavy (non-hydrogen) atoms. The summed E-state index contributed by atoms with van der Waals surface area (Å²) in [5, 5.41) is 33.3. The number of nitro benzene ring substituents is 1. The van der Waals surface area contributed by atoms with E-state index in [1.165, 1.54) is 12.1 Å². The molecular formula is C14H11N3O5. The van der Waals surface area contributed by atoms with Crippen molar-refractivity contribution in [1.82, 2.24) is 5.43 Å². The molecule has 2 aromatic carbocycles. The molecule has 3 N–H and O–H groups in total. The molecule has 0 aromatic heterocycles. The second kappa shape index (κ2) is 6.35. The number of hydrazone groups is 1. The number of para-hydroxylation sites is 1. The summed E-state index contributed by atoms with van der Waals surface area (Å²) >= 11 is 0. The molecule has 1 amide bonds. The van der Waals surface area contributed by atoms with E-state index < -0.39 is 10.8 Å². The van der Waals surface area contributed by atoms with Gasteiger partial charge in [-0.15, -0.1) is 0 Å². The van der Waals surface area contributed by atoms with Crippen LogP contribution in [0.15, 0.2) is 47.6 Å². The number of phenolic OH excluding ortho intramolecular Hbond substituents is 2. The highest BCUT2D eigenvalue weighted by Crippen LogP contribution is 2.21. The monoisotopic (exact) mass is 301 g/mol. The van der Waals surface area contributed by atoms with Gasteiger partial charge in [0.1, 0.15) is 11.5 Å². The lowest BCUT2D eigenvalue weighted by Gasteiger charge is -2.02. The minimum Gasteiger partial charge on any atom is -0.507 e. The van der Waals surface area contributed by atoms with Crippen molar-refractivity contribution < 1.29 is 19.9 Å². The summed E-state index contributed by atoms with van der Waals surface area (Å²) in [6, 6.07) is 9.32. The lowest BCUT2D eigenvalue weighted by atomic mass is 10.2. The second-order valence-corrected chi connectivity index (χ2v) is 4.22. The van der Waals surface area contributed by atoms with Crippen molar-refractivity contribution in [2.24, 2.45) is 5.10 Å². The van der Waals surface area contributed by atoms with Crippen LogP contribution in [0.4, 0.5) is 5.69 Å². The molecule has 0 heterocycles. The third-order valence-electron chi connectivity index (χ3n) is 2.74. The Hall–Kier alpha value is -3.42. The number of nitrogens with one attached hydrogen (secondary N) is 1. The Labute approximate surface area is 124 Å². The van der Waals surface area contributed by atoms with Crippen molar-refractivity contribution in [2.75, 3.05) is 0 Å². The van der Waals surface area contributed by atoms with Crippen LogP contribution in [0.3, 0.4) is 0 Å². The van der Waals surface area contributed by atoms with Crippen molar-refractivity contribution in [3.05, 3.63) is 63.7 Å². The zero-order valence-electron chi connectivity index (χ0n) is 11.1. The van der Waals surface area contributed by atoms with Crippen LogP contribution in [0.25, 0.3) is 0 Å². The Morgan fingerprint density at radius 3 is 2.59 bits per heavy atom. The molecule has 0 aliphatic heterocycles. The standard InChI is InChI=1S/C14H11N3O5/c18-12-6-5-10(17(21)22)7-9(12)8-15-16-14(20)11-3-1-2-4-13(11)19/h1-8,18-19H,(H,16,20)/b15-8-. The summed E-state index contributed by atoms with van der Waals surface area (Å²) in [5.41, 5.74) is 2.04. The Bertz CT molecular complexity index is 758. The van der Waals surface area contributed by atoms with Crippen LogP contribution in [0, 0.1) is 10.1 Å². The van der Waals surface area contributed by atoms with Gasteiger partial charge in [0.15, 0.2) is 0 Å². The first-order chi connectivity index (χ1) is 10.5. The molecule has 0 atom stereocenters. The Kier molecular flexibility index (Phi) is 4.33. The maximum Gasteiger partial charge on any atom is 0.275 e. The lowest BCUT2D eigenvalue weighted by Crippen LogP contribution is -2.17. The Balaban J connectivity index is 2.13. The SMILES string of the molecule is O=C(N/N=C\c1cc([N+](=O)[O-])ccc1O)c1ccccc1O. The molecule has 0 radical (unpaired) electrons. The summed E-state index contributed by atoms with van der Waals surface area (Å²) in [5.74, 6) is -1.07. The van der Waals surface area contributed by atoms with Gasteiger partial charge in [0.25, 0.3) is 11.6 Å². The molecular weight excluding hydrogens is 290 g/mol. The summed E-state index contributed by atoms with van der Waals surface area (Å²) in [6.07, 6.45) is 1.07. The second-order valence-electron chi connectivity index (χ2n) is 4.22. The van der Waals surface area contributed by atoms with E-state index in [9.17, 15) is 25.1 Å². The van der Waals surface area contributed by atoms with Gasteiger partial charge in [0.2, 0.25) is 0 Å². The summed E-state index contributed by atoms with van der Waals surface area (Å²) in [4.78, 5) is 21.8. The average molecular weight is 301 g/mol. The summed E-state index contributed by atoms with van der Waals surface area (Å²) < 4.78 is 0. The minimum atomic E-state index is -0.653. The van der Waals surface area contributed by atoms with Crippen LogP contribution in [0.1, 0.15) is 15.9 Å². The number of amides is 1. The fourth-order valence-corrected chi connectivity index (χ4v) is 1.65. The zero-order valence-corrected chi connectivity index (χ0v) is 11.1. The van der Waals surface area contributed by atoms with Gasteiger partial charge in [-0.2, -0.15) is 5.10 Å². The first kappa shape index (κ1) is 15.0. The highest BCUT2D eigenvalue weighted by molar-refractivity contribution is 5.97. The molecule has 8 nitrogen and oxygen atoms in total. The average Bonchev–Trinajstić information content (AvgIpc) is 2.49. The zero-order chi connectivity index (χ0) is 16.1. The molecule has 0 bridgehead atoms. The van der Waals surface area contributed by atoms with E-state index in [2.05, 4.69) is 10.5 Å². The predicted molar refractivity (Wildman–Crippen MR) is 77.9 cm³/mol. The van der Waals surface area contributed by atoms with Crippen molar-refractivity contribution in [3.63, 3.8) is 0 Å². The topological polar surface area (TPSA) is 125 Å². The third-order valence-corrected chi connectivity index (χ3v) is 2.74. The fraction of sp³-hybridized carbons (Fsp3) is 0. The molecule has 112 valence electrons. The van der Waals surface area contributed by atoms with Gasteiger partial charge in [-0.25, -0.2) is 5.43 Å². The van der Waals surface area contributed by atoms with Gasteiger partial charge >= 0.3 is 0 Å². The number of benzene rings is 2. The third kappa shape index (κ3) is 3.37. The Morgan fingerprint density at radius 2 is 1.91 bits per heavy atom. The van der Waals surface area contributed by atoms with Crippen LogP contribution >= 0.6 is 0 Å². The van der Waals surface area contributed by atoms with Crippen LogP contribution in [0.2, 0.25) is 0 Å². The first-order valence-corrected chi connectivity index (χ1v) is 6.08. The molecule has 0 aliphatic carbocycles. The summed E-state index contributed by atoms with van der Waals surface area (Å²) in [6.45, 7) is 0. The van der Waals surface area contributed by atoms with Crippen LogP contribution in [0.5, 0.6) is 11.5 Å². The van der Waals surface area contributed by atoms with E-state index in [-0.39, 0.29) is 28.3 Å². The highest BCUT2D eigenvalue weighted by Gasteiger charge is 2.10. The smallest absolute Gasteiger partial charge is 0.275 e. The van der Waals surface area contributed by atoms with Crippen LogP contribution in [-0.4, -0.2) is 27.3 Å². The molecule has 2 aromatic rings. The molecule has 2 rings (SSSR count). The van der Waals surface area contributed by atoms with Crippen molar-refractivity contribution in [2.45, 2.75) is 0 Å². The number of carbonyl (C=O) groups excluding carboxylic acids is 1. The number of rotatable bonds is 4. The lowest BCUT2D eigenvalue weighted by molar-refractivity contribution is -0.384. The number of phenols is 2. The minimum absolute atomic E-state index is 0.0305. The van der Waals surface area contributed by atoms with Crippen molar-refractivity contribution >= 4 is 17.8 Å². The van der Waals surface area contributed by atoms with Gasteiger partial charge in [0.05, 0.1) is 16.7 Å². The van der Waals surface area contributed by atoms with E-state index >= 15 is 0 Å². The predicted octanol–water partition coefficient (Wildman–Crippen LogP) is 1.77. The molecule has 0 spiro atoms. The maximum atomic E-state index is 11.8. The number of non-ortho nitro benzene ring substituents is 1. The first-order valence-electron chi connectivity index (χ1n) is 6.08. The van der Waals surface area contributed by atoms with E-state index in [1.54, 1.807) is 12.1 Å². The van der Waals surface area contributed by atoms with E-state index in [0.717, 1.165) is 24.4 Å². The number of nitrogens with zero attached hydrogens (tertiary/aromatic N) is 2. The quantitative estimate of drug-likeness (QED) is 0.451. The summed E-state index contributed by atoms with van der Waals surface area (Å²) in [7, 11) is 0. The maximum absolute atomic E-state index is 11.8. The van der Waals surface area contributed by atoms with Crippen molar-refractivity contribution in [3.8, 4) is 11.5 Å². The van der Waals surface area contributed by atoms with Crippen molar-refractivity contribution in [1.29, 1.82) is 0 Å². The van der Waals surface area contributed by atoms with E-state index in [0.29, 0.717) is 0 Å². The Morgan fingerprint density at radius 1 is 1.18 bits per heavy atom. The van der Waals surface area contributed by atoms with Gasteiger partial charge in [-0.3, -0.25) is 14.9 Å². The van der Waals surface area contributed by atoms with Crippen LogP contribution < -0.4 is 5.43 Å². The van der Waals surface area contributed by atoms with Gasteiger partial charge < -0.3 is 10.2 Å². The molecule has 8 heteroatoms. The number of nitro groups is 1. The molecule has 0 fully saturated rings. The van der Waals surface area contributed by atoms with Gasteiger partial charge in [-0.05, 0) is 18.2 Å². The number of hydrogen-bond acceptors (Lipinski definition) is 6. The molecule has 0 saturated carbocycles. The number of aromatic hydroxyl groups is 2. The molecule has 0 saturated heterocycles. The van der Waals surface area contributed by atoms with E-state index in [4.69, 9.17) is 0 Å². The molecule has 0 aliphatic rings. The fourth-order valence-electron chi connectivity index (χ4n) is 1.65. The van der Waals surface area contributed by atoms with Gasteiger partial charge in [-0.1, -0.05) is 12.1 Å². The number of carbonyl (C=O) groups is 1. The molecule has 0 unspecified atom stereocenters. The van der Waals surface area contributed by atoms with E-state index in [1.807, 2.05) is 0 Å². The van der Waals surface area contributed by atoms with Crippen LogP contribution in [-0.2, 0) is 0 Å². The largest absolute Gasteiger partial charge is 0.507 e. The van der Waals surface area contributed by atoms with Gasteiger partial charge in [0, 0.05) is 17.7 Å². The number of hydrogen-bond donors (Lipinski definition) is 3. The highest BCUT2D eigenvalue weighted by atomic mass is 16.6. The normalized spacial score (nSPS) is 10.5.